The fraction of sp³-hybridized carbons (Fsp3) is 0.368. The average Bonchev–Trinajstić information content (AvgIpc) is 2.57. The van der Waals surface area contributed by atoms with E-state index < -0.39 is 0 Å². The van der Waals surface area contributed by atoms with Gasteiger partial charge in [0.25, 0.3) is 0 Å². The smallest absolute Gasteiger partial charge is 0.125 e. The Morgan fingerprint density at radius 2 is 1.67 bits per heavy atom. The van der Waals surface area contributed by atoms with Crippen molar-refractivity contribution in [1.82, 2.24) is 5.32 Å². The molecule has 3 nitrogen and oxygen atoms in total. The van der Waals surface area contributed by atoms with E-state index in [0.29, 0.717) is 0 Å². The maximum Gasteiger partial charge on any atom is 0.125 e. The van der Waals surface area contributed by atoms with Crippen LogP contribution in [-0.2, 0) is 0 Å². The Labute approximate surface area is 148 Å². The molecule has 0 aromatic heterocycles. The van der Waals surface area contributed by atoms with Gasteiger partial charge in [-0.1, -0.05) is 12.1 Å². The van der Waals surface area contributed by atoms with Crippen molar-refractivity contribution >= 4 is 12.4 Å². The topological polar surface area (TPSA) is 30.5 Å². The van der Waals surface area contributed by atoms with Crippen LogP contribution in [0.15, 0.2) is 48.5 Å². The molecular weight excluding hydrogens is 329 g/mol. The van der Waals surface area contributed by atoms with Crippen LogP contribution >= 0.6 is 12.4 Å². The van der Waals surface area contributed by atoms with Crippen molar-refractivity contribution in [3.8, 4) is 11.5 Å². The molecule has 0 bridgehead atoms. The van der Waals surface area contributed by atoms with E-state index in [2.05, 4.69) is 12.2 Å². The molecule has 0 unspecified atom stereocenters. The van der Waals surface area contributed by atoms with Gasteiger partial charge in [-0.3, -0.25) is 0 Å². The van der Waals surface area contributed by atoms with E-state index in [0.717, 1.165) is 36.6 Å². The Bertz CT molecular complexity index is 647. The van der Waals surface area contributed by atoms with Gasteiger partial charge in [0.05, 0.1) is 7.11 Å². The molecule has 130 valence electrons. The summed E-state index contributed by atoms with van der Waals surface area (Å²) in [6, 6.07) is 14.4. The third-order valence-electron chi connectivity index (χ3n) is 4.51. The van der Waals surface area contributed by atoms with Crippen LogP contribution in [0.25, 0.3) is 0 Å². The van der Waals surface area contributed by atoms with E-state index in [1.54, 1.807) is 7.11 Å². The number of rotatable bonds is 4. The first-order chi connectivity index (χ1) is 11.1. The first kappa shape index (κ1) is 18.6. The van der Waals surface area contributed by atoms with Crippen molar-refractivity contribution in [3.63, 3.8) is 0 Å². The van der Waals surface area contributed by atoms with Crippen molar-refractivity contribution in [2.75, 3.05) is 20.2 Å². The number of halogens is 2. The quantitative estimate of drug-likeness (QED) is 0.896. The van der Waals surface area contributed by atoms with Crippen molar-refractivity contribution in [3.05, 3.63) is 59.9 Å². The van der Waals surface area contributed by atoms with Gasteiger partial charge in [-0.05, 0) is 61.9 Å². The second-order valence-corrected chi connectivity index (χ2v) is 6.16. The summed E-state index contributed by atoms with van der Waals surface area (Å²) < 4.78 is 24.7. The van der Waals surface area contributed by atoms with Crippen molar-refractivity contribution < 1.29 is 13.9 Å². The van der Waals surface area contributed by atoms with Gasteiger partial charge in [0.15, 0.2) is 0 Å². The molecule has 1 fully saturated rings. The summed E-state index contributed by atoms with van der Waals surface area (Å²) in [5, 5.41) is 3.41. The molecule has 2 atom stereocenters. The molecule has 0 spiro atoms. The predicted octanol–water partition coefficient (Wildman–Crippen LogP) is 4.17. The highest BCUT2D eigenvalue weighted by Gasteiger charge is 2.39. The summed E-state index contributed by atoms with van der Waals surface area (Å²) in [7, 11) is 1.65. The zero-order valence-electron chi connectivity index (χ0n) is 13.9. The molecule has 3 rings (SSSR count). The number of hydrogen-bond acceptors (Lipinski definition) is 3. The second-order valence-electron chi connectivity index (χ2n) is 6.16. The molecular formula is C19H23ClFNO2. The lowest BCUT2D eigenvalue weighted by atomic mass is 9.78. The highest BCUT2D eigenvalue weighted by Crippen LogP contribution is 2.37. The third-order valence-corrected chi connectivity index (χ3v) is 4.51. The number of piperidine rings is 1. The SMILES string of the molecule is COc1ccc(O[C@]2(C)CNCC[C@H]2c2ccc(F)cc2)cc1.Cl. The van der Waals surface area contributed by atoms with E-state index >= 15 is 0 Å². The van der Waals surface area contributed by atoms with E-state index in [1.165, 1.54) is 12.1 Å². The minimum absolute atomic E-state index is 0. The molecule has 1 aliphatic rings. The Kier molecular flexibility index (Phi) is 6.08. The average molecular weight is 352 g/mol. The van der Waals surface area contributed by atoms with Crippen LogP contribution in [0.1, 0.15) is 24.8 Å². The Morgan fingerprint density at radius 3 is 2.29 bits per heavy atom. The minimum atomic E-state index is -0.384. The summed E-state index contributed by atoms with van der Waals surface area (Å²) in [6.07, 6.45) is 0.957. The van der Waals surface area contributed by atoms with Crippen LogP contribution in [0, 0.1) is 5.82 Å². The number of methoxy groups -OCH3 is 1. The van der Waals surface area contributed by atoms with Crippen LogP contribution in [0.2, 0.25) is 0 Å². The molecule has 2 aromatic carbocycles. The molecule has 1 saturated heterocycles. The van der Waals surface area contributed by atoms with Crippen LogP contribution in [-0.4, -0.2) is 25.8 Å². The van der Waals surface area contributed by atoms with Crippen LogP contribution in [0.3, 0.4) is 0 Å². The predicted molar refractivity (Wildman–Crippen MR) is 95.9 cm³/mol. The van der Waals surface area contributed by atoms with Gasteiger partial charge in [-0.2, -0.15) is 0 Å². The maximum atomic E-state index is 13.2. The molecule has 1 heterocycles. The first-order valence-corrected chi connectivity index (χ1v) is 7.90. The number of benzene rings is 2. The first-order valence-electron chi connectivity index (χ1n) is 7.90. The van der Waals surface area contributed by atoms with Gasteiger partial charge < -0.3 is 14.8 Å². The second kappa shape index (κ2) is 7.86. The summed E-state index contributed by atoms with van der Waals surface area (Å²) >= 11 is 0. The van der Waals surface area contributed by atoms with Crippen molar-refractivity contribution in [2.24, 2.45) is 0 Å². The van der Waals surface area contributed by atoms with E-state index in [9.17, 15) is 4.39 Å². The van der Waals surface area contributed by atoms with E-state index in [1.807, 2.05) is 36.4 Å². The zero-order valence-corrected chi connectivity index (χ0v) is 14.7. The fourth-order valence-corrected chi connectivity index (χ4v) is 3.25. The summed E-state index contributed by atoms with van der Waals surface area (Å²) in [6.45, 7) is 3.79. The molecule has 5 heteroatoms. The largest absolute Gasteiger partial charge is 0.497 e. The lowest BCUT2D eigenvalue weighted by Crippen LogP contribution is -2.52. The van der Waals surface area contributed by atoms with Crippen LogP contribution < -0.4 is 14.8 Å². The van der Waals surface area contributed by atoms with Gasteiger partial charge in [0, 0.05) is 12.5 Å². The molecule has 0 radical (unpaired) electrons. The fourth-order valence-electron chi connectivity index (χ4n) is 3.25. The molecule has 24 heavy (non-hydrogen) atoms. The summed E-state index contributed by atoms with van der Waals surface area (Å²) in [4.78, 5) is 0. The van der Waals surface area contributed by atoms with E-state index in [4.69, 9.17) is 9.47 Å². The van der Waals surface area contributed by atoms with Gasteiger partial charge in [-0.15, -0.1) is 12.4 Å². The highest BCUT2D eigenvalue weighted by atomic mass is 35.5. The third kappa shape index (κ3) is 4.00. The summed E-state index contributed by atoms with van der Waals surface area (Å²) in [5.41, 5.74) is 0.730. The highest BCUT2D eigenvalue weighted by molar-refractivity contribution is 5.85. The number of hydrogen-bond donors (Lipinski definition) is 1. The van der Waals surface area contributed by atoms with Gasteiger partial charge in [-0.25, -0.2) is 4.39 Å². The standard InChI is InChI=1S/C19H22FNO2.ClH/c1-19(23-17-9-7-16(22-2)8-10-17)13-21-12-11-18(19)14-3-5-15(20)6-4-14;/h3-10,18,21H,11-13H2,1-2H3;1H/t18-,19+;/m0./s1. The minimum Gasteiger partial charge on any atom is -0.497 e. The Hall–Kier alpha value is -1.78. The molecule has 1 aliphatic heterocycles. The van der Waals surface area contributed by atoms with Crippen LogP contribution in [0.4, 0.5) is 4.39 Å². The van der Waals surface area contributed by atoms with Crippen molar-refractivity contribution in [2.45, 2.75) is 24.9 Å². The van der Waals surface area contributed by atoms with Gasteiger partial charge >= 0.3 is 0 Å². The van der Waals surface area contributed by atoms with E-state index in [-0.39, 0.29) is 29.7 Å². The zero-order chi connectivity index (χ0) is 16.3. The van der Waals surface area contributed by atoms with Crippen molar-refractivity contribution in [1.29, 1.82) is 0 Å². The maximum absolute atomic E-state index is 13.2. The van der Waals surface area contributed by atoms with Gasteiger partial charge in [0.2, 0.25) is 0 Å². The lowest BCUT2D eigenvalue weighted by Gasteiger charge is -2.42. The van der Waals surface area contributed by atoms with Gasteiger partial charge in [0.1, 0.15) is 22.9 Å². The Balaban J connectivity index is 0.00000208. The Morgan fingerprint density at radius 1 is 1.04 bits per heavy atom. The normalized spacial score (nSPS) is 23.2. The van der Waals surface area contributed by atoms with Crippen LogP contribution in [0.5, 0.6) is 11.5 Å². The monoisotopic (exact) mass is 351 g/mol. The molecule has 0 aliphatic carbocycles. The lowest BCUT2D eigenvalue weighted by molar-refractivity contribution is 0.0386. The molecule has 0 saturated carbocycles. The molecule has 1 N–H and O–H groups in total. The molecule has 0 amide bonds. The summed E-state index contributed by atoms with van der Waals surface area (Å²) in [5.74, 6) is 1.62. The number of nitrogens with one attached hydrogen (secondary N) is 1. The molecule has 2 aromatic rings. The number of ether oxygens (including phenoxy) is 2.